The van der Waals surface area contributed by atoms with Gasteiger partial charge in [-0.1, -0.05) is 6.58 Å². The van der Waals surface area contributed by atoms with Gasteiger partial charge >= 0.3 is 55.6 Å². The fraction of sp³-hybridized carbons (Fsp3) is 0.375. The van der Waals surface area contributed by atoms with E-state index < -0.39 is 30.1 Å². The van der Waals surface area contributed by atoms with Crippen molar-refractivity contribution in [2.24, 2.45) is 0 Å². The van der Waals surface area contributed by atoms with E-state index >= 15 is 0 Å². The van der Waals surface area contributed by atoms with E-state index in [1.54, 1.807) is 0 Å². The van der Waals surface area contributed by atoms with E-state index in [0.29, 0.717) is 0 Å². The maximum Gasteiger partial charge on any atom is 2.00 e. The molecule has 0 heterocycles. The quantitative estimate of drug-likeness (QED) is 0.324. The molecule has 0 amide bonds. The Morgan fingerprint density at radius 1 is 1.25 bits per heavy atom. The predicted octanol–water partition coefficient (Wildman–Crippen LogP) is -1.15. The number of carboxylic acids is 2. The summed E-state index contributed by atoms with van der Waals surface area (Å²) in [6, 6.07) is 0. The van der Waals surface area contributed by atoms with E-state index in [1.165, 1.54) is 6.92 Å². The molecule has 0 radical (unpaired) electrons. The first-order valence-corrected chi connectivity index (χ1v) is 3.77. The maximum atomic E-state index is 10.9. The van der Waals surface area contributed by atoms with Crippen molar-refractivity contribution in [1.29, 1.82) is 0 Å². The molecule has 0 aromatic rings. The van der Waals surface area contributed by atoms with Crippen LogP contribution in [-0.2, 0) is 19.1 Å². The summed E-state index contributed by atoms with van der Waals surface area (Å²) in [5, 5.41) is 25.7. The Bertz CT molecular complexity index is 321. The third kappa shape index (κ3) is 5.45. The molecule has 0 fully saturated rings. The molecule has 8 heteroatoms. The molecule has 7 nitrogen and oxygen atoms in total. The van der Waals surface area contributed by atoms with Crippen molar-refractivity contribution < 1.29 is 37.3 Å². The summed E-state index contributed by atoms with van der Waals surface area (Å²) >= 11 is 0. The van der Waals surface area contributed by atoms with Crippen LogP contribution in [0.15, 0.2) is 12.2 Å². The van der Waals surface area contributed by atoms with E-state index in [9.17, 15) is 14.4 Å². The standard InChI is InChI=1S/C8H10O7.Ca.2H/c1-3(2)8(14)15-5(7(12)13)4(9)6(10)11;;;/h4-5,9H,1H2,2H3,(H,10,11)(H,12,13);;;/q;+2;2*-1. The summed E-state index contributed by atoms with van der Waals surface area (Å²) in [6.45, 7) is 4.43. The van der Waals surface area contributed by atoms with Crippen LogP contribution in [0.25, 0.3) is 0 Å². The van der Waals surface area contributed by atoms with Crippen LogP contribution in [-0.4, -0.2) is 83.2 Å². The third-order valence-electron chi connectivity index (χ3n) is 1.37. The molecule has 16 heavy (non-hydrogen) atoms. The van der Waals surface area contributed by atoms with Gasteiger partial charge in [0.25, 0.3) is 0 Å². The Kier molecular flexibility index (Phi) is 8.45. The SMILES string of the molecule is C=C(C)C(=O)OC(C(=O)O)C(O)C(=O)O.[Ca+2].[H-].[H-]. The average molecular weight is 260 g/mol. The zero-order valence-electron chi connectivity index (χ0n) is 10.5. The number of esters is 1. The number of ether oxygens (including phenoxy) is 1. The fourth-order valence-corrected chi connectivity index (χ4v) is 0.595. The molecule has 0 aromatic heterocycles. The van der Waals surface area contributed by atoms with E-state index in [-0.39, 0.29) is 46.2 Å². The second-order valence-electron chi connectivity index (χ2n) is 2.73. The molecule has 0 bridgehead atoms. The molecule has 88 valence electrons. The molecule has 0 aliphatic heterocycles. The monoisotopic (exact) mass is 260 g/mol. The van der Waals surface area contributed by atoms with Gasteiger partial charge in [0.1, 0.15) is 0 Å². The van der Waals surface area contributed by atoms with Gasteiger partial charge in [-0.05, 0) is 6.92 Å². The fourth-order valence-electron chi connectivity index (χ4n) is 0.595. The van der Waals surface area contributed by atoms with Crippen LogP contribution >= 0.6 is 0 Å². The summed E-state index contributed by atoms with van der Waals surface area (Å²) in [5.41, 5.74) is -0.0983. The second kappa shape index (κ2) is 7.61. The van der Waals surface area contributed by atoms with Crippen molar-refractivity contribution in [3.63, 3.8) is 0 Å². The smallest absolute Gasteiger partial charge is 1.00 e. The number of aliphatic carboxylic acids is 2. The first kappa shape index (κ1) is 17.8. The number of carboxylic acid groups (broad SMARTS) is 2. The molecular weight excluding hydrogens is 248 g/mol. The average Bonchev–Trinajstić information content (AvgIpc) is 2.11. The van der Waals surface area contributed by atoms with Crippen LogP contribution in [0.3, 0.4) is 0 Å². The number of aliphatic hydroxyl groups is 1. The first-order chi connectivity index (χ1) is 6.77. The molecule has 0 aromatic carbocycles. The molecule has 0 aliphatic rings. The van der Waals surface area contributed by atoms with Gasteiger partial charge in [-0.3, -0.25) is 0 Å². The van der Waals surface area contributed by atoms with Crippen molar-refractivity contribution in [3.8, 4) is 0 Å². The number of carbonyl (C=O) groups is 3. The van der Waals surface area contributed by atoms with Gasteiger partial charge in [0.15, 0.2) is 6.10 Å². The number of rotatable bonds is 5. The topological polar surface area (TPSA) is 121 Å². The predicted molar refractivity (Wildman–Crippen MR) is 54.0 cm³/mol. The number of carbonyl (C=O) groups excluding carboxylic acids is 1. The minimum Gasteiger partial charge on any atom is -1.00 e. The van der Waals surface area contributed by atoms with Crippen molar-refractivity contribution in [3.05, 3.63) is 12.2 Å². The minimum atomic E-state index is -2.31. The van der Waals surface area contributed by atoms with Crippen LogP contribution in [0.1, 0.15) is 9.78 Å². The molecule has 2 atom stereocenters. The largest absolute Gasteiger partial charge is 2.00 e. The molecule has 0 aliphatic carbocycles. The van der Waals surface area contributed by atoms with E-state index in [4.69, 9.17) is 15.3 Å². The van der Waals surface area contributed by atoms with E-state index in [0.717, 1.165) is 0 Å². The van der Waals surface area contributed by atoms with Crippen molar-refractivity contribution in [1.82, 2.24) is 0 Å². The molecule has 0 saturated carbocycles. The van der Waals surface area contributed by atoms with E-state index in [2.05, 4.69) is 11.3 Å². The number of hydrogen-bond donors (Lipinski definition) is 3. The Labute approximate surface area is 124 Å². The Hall–Kier alpha value is -0.630. The van der Waals surface area contributed by atoms with Crippen LogP contribution in [0.5, 0.6) is 0 Å². The summed E-state index contributed by atoms with van der Waals surface area (Å²) in [6.07, 6.45) is -4.46. The third-order valence-corrected chi connectivity index (χ3v) is 1.37. The van der Waals surface area contributed by atoms with Crippen LogP contribution in [0.2, 0.25) is 0 Å². The molecular formula is C8H12CaO7. The number of aliphatic hydroxyl groups excluding tert-OH is 1. The van der Waals surface area contributed by atoms with Crippen LogP contribution < -0.4 is 0 Å². The molecule has 0 spiro atoms. The summed E-state index contributed by atoms with van der Waals surface area (Å²) in [7, 11) is 0. The summed E-state index contributed by atoms with van der Waals surface area (Å²) in [4.78, 5) is 31.6. The molecule has 0 saturated heterocycles. The van der Waals surface area contributed by atoms with Crippen LogP contribution in [0, 0.1) is 0 Å². The van der Waals surface area contributed by atoms with Gasteiger partial charge in [0.2, 0.25) is 6.10 Å². The summed E-state index contributed by atoms with van der Waals surface area (Å²) < 4.78 is 4.23. The van der Waals surface area contributed by atoms with Gasteiger partial charge in [0, 0.05) is 5.57 Å². The maximum absolute atomic E-state index is 10.9. The summed E-state index contributed by atoms with van der Waals surface area (Å²) in [5.74, 6) is -4.63. The van der Waals surface area contributed by atoms with Crippen LogP contribution in [0.4, 0.5) is 0 Å². The normalized spacial score (nSPS) is 12.9. The van der Waals surface area contributed by atoms with Gasteiger partial charge in [0.05, 0.1) is 0 Å². The zero-order chi connectivity index (χ0) is 12.2. The zero-order valence-corrected chi connectivity index (χ0v) is 10.8. The van der Waals surface area contributed by atoms with Gasteiger partial charge in [-0.2, -0.15) is 0 Å². The van der Waals surface area contributed by atoms with Crippen molar-refractivity contribution in [2.45, 2.75) is 19.1 Å². The molecule has 0 rings (SSSR count). The van der Waals surface area contributed by atoms with Gasteiger partial charge in [-0.15, -0.1) is 0 Å². The van der Waals surface area contributed by atoms with Crippen molar-refractivity contribution in [2.75, 3.05) is 0 Å². The van der Waals surface area contributed by atoms with Crippen molar-refractivity contribution >= 4 is 55.6 Å². The Morgan fingerprint density at radius 2 is 1.69 bits per heavy atom. The molecule has 2 unspecified atom stereocenters. The van der Waals surface area contributed by atoms with Gasteiger partial charge < -0.3 is 22.9 Å². The van der Waals surface area contributed by atoms with E-state index in [1.807, 2.05) is 0 Å². The molecule has 3 N–H and O–H groups in total. The Balaban J connectivity index is -0.000000327. The first-order valence-electron chi connectivity index (χ1n) is 3.77. The van der Waals surface area contributed by atoms with Gasteiger partial charge in [-0.25, -0.2) is 14.4 Å². The number of hydrogen-bond acceptors (Lipinski definition) is 5. The second-order valence-corrected chi connectivity index (χ2v) is 2.73. The Morgan fingerprint density at radius 3 is 1.94 bits per heavy atom. The minimum absolute atomic E-state index is 0.